The summed E-state index contributed by atoms with van der Waals surface area (Å²) in [6.45, 7) is 0.865. The molecule has 0 aliphatic carbocycles. The van der Waals surface area contributed by atoms with Crippen molar-refractivity contribution in [3.05, 3.63) is 24.3 Å². The van der Waals surface area contributed by atoms with Crippen molar-refractivity contribution in [3.8, 4) is 5.75 Å². The smallest absolute Gasteiger partial charge is 0.132 e. The van der Waals surface area contributed by atoms with Crippen molar-refractivity contribution in [3.63, 3.8) is 0 Å². The van der Waals surface area contributed by atoms with Crippen molar-refractivity contribution in [1.29, 1.82) is 0 Å². The third-order valence-corrected chi connectivity index (χ3v) is 2.79. The maximum absolute atomic E-state index is 5.53. The van der Waals surface area contributed by atoms with Gasteiger partial charge < -0.3 is 4.74 Å². The Morgan fingerprint density at radius 2 is 2.18 bits per heavy atom. The molecule has 0 radical (unpaired) electrons. The van der Waals surface area contributed by atoms with Gasteiger partial charge in [0, 0.05) is 10.6 Å². The summed E-state index contributed by atoms with van der Waals surface area (Å²) in [5, 5.41) is 0. The van der Waals surface area contributed by atoms with Gasteiger partial charge in [0.25, 0.3) is 0 Å². The SMILES string of the molecule is c1ccc2c(c1)OCCCS2. The molecule has 1 nitrogen and oxygen atoms in total. The number of rotatable bonds is 0. The van der Waals surface area contributed by atoms with E-state index in [4.69, 9.17) is 4.74 Å². The van der Waals surface area contributed by atoms with Crippen LogP contribution in [-0.4, -0.2) is 12.4 Å². The van der Waals surface area contributed by atoms with Gasteiger partial charge in [-0.1, -0.05) is 12.1 Å². The van der Waals surface area contributed by atoms with Crippen LogP contribution in [0.3, 0.4) is 0 Å². The Bertz CT molecular complexity index is 222. The first-order chi connectivity index (χ1) is 5.47. The molecule has 0 atom stereocenters. The molecular weight excluding hydrogens is 156 g/mol. The molecule has 0 saturated heterocycles. The predicted molar refractivity (Wildman–Crippen MR) is 47.3 cm³/mol. The first-order valence-corrected chi connectivity index (χ1v) is 4.80. The molecule has 1 aliphatic heterocycles. The third-order valence-electron chi connectivity index (χ3n) is 1.65. The van der Waals surface area contributed by atoms with Crippen LogP contribution < -0.4 is 4.74 Å². The van der Waals surface area contributed by atoms with Crippen LogP contribution in [0, 0.1) is 0 Å². The molecule has 0 amide bonds. The zero-order valence-corrected chi connectivity index (χ0v) is 7.06. The van der Waals surface area contributed by atoms with Gasteiger partial charge in [0.15, 0.2) is 0 Å². The highest BCUT2D eigenvalue weighted by Crippen LogP contribution is 2.31. The molecule has 1 aromatic carbocycles. The van der Waals surface area contributed by atoms with Gasteiger partial charge in [0.05, 0.1) is 6.61 Å². The van der Waals surface area contributed by atoms with E-state index in [2.05, 4.69) is 12.1 Å². The molecule has 0 bridgehead atoms. The van der Waals surface area contributed by atoms with Crippen LogP contribution in [0.4, 0.5) is 0 Å². The molecule has 0 spiro atoms. The van der Waals surface area contributed by atoms with Gasteiger partial charge in [-0.15, -0.1) is 11.8 Å². The predicted octanol–water partition coefficient (Wildman–Crippen LogP) is 2.56. The van der Waals surface area contributed by atoms with E-state index in [9.17, 15) is 0 Å². The number of benzene rings is 1. The lowest BCUT2D eigenvalue weighted by molar-refractivity contribution is 0.315. The van der Waals surface area contributed by atoms with Crippen LogP contribution in [0.15, 0.2) is 29.2 Å². The summed E-state index contributed by atoms with van der Waals surface area (Å²) < 4.78 is 5.53. The van der Waals surface area contributed by atoms with Crippen molar-refractivity contribution in [1.82, 2.24) is 0 Å². The van der Waals surface area contributed by atoms with Gasteiger partial charge in [0.2, 0.25) is 0 Å². The Balaban J connectivity index is 2.33. The van der Waals surface area contributed by atoms with Gasteiger partial charge in [0.1, 0.15) is 5.75 Å². The normalized spacial score (nSPS) is 16.4. The van der Waals surface area contributed by atoms with Gasteiger partial charge in [-0.3, -0.25) is 0 Å². The van der Waals surface area contributed by atoms with E-state index in [-0.39, 0.29) is 0 Å². The highest BCUT2D eigenvalue weighted by atomic mass is 32.2. The molecule has 0 fully saturated rings. The Labute approximate surface area is 70.8 Å². The zero-order chi connectivity index (χ0) is 7.52. The zero-order valence-electron chi connectivity index (χ0n) is 6.25. The third kappa shape index (κ3) is 1.51. The van der Waals surface area contributed by atoms with Gasteiger partial charge in [-0.2, -0.15) is 0 Å². The number of hydrogen-bond acceptors (Lipinski definition) is 2. The maximum atomic E-state index is 5.53. The van der Waals surface area contributed by atoms with Crippen molar-refractivity contribution >= 4 is 11.8 Å². The number of thioether (sulfide) groups is 1. The summed E-state index contributed by atoms with van der Waals surface area (Å²) in [7, 11) is 0. The second-order valence-electron chi connectivity index (χ2n) is 2.50. The van der Waals surface area contributed by atoms with Crippen molar-refractivity contribution in [2.24, 2.45) is 0 Å². The lowest BCUT2D eigenvalue weighted by atomic mass is 10.3. The highest BCUT2D eigenvalue weighted by molar-refractivity contribution is 7.99. The second-order valence-corrected chi connectivity index (χ2v) is 3.63. The topological polar surface area (TPSA) is 9.23 Å². The summed E-state index contributed by atoms with van der Waals surface area (Å²) in [4.78, 5) is 1.28. The molecule has 0 saturated carbocycles. The number of ether oxygens (including phenoxy) is 1. The largest absolute Gasteiger partial charge is 0.492 e. The molecule has 11 heavy (non-hydrogen) atoms. The highest BCUT2D eigenvalue weighted by Gasteiger charge is 2.06. The molecule has 0 N–H and O–H groups in total. The van der Waals surface area contributed by atoms with Gasteiger partial charge in [-0.25, -0.2) is 0 Å². The summed E-state index contributed by atoms with van der Waals surface area (Å²) in [6, 6.07) is 8.23. The number of para-hydroxylation sites is 1. The van der Waals surface area contributed by atoms with Crippen LogP contribution in [0.1, 0.15) is 6.42 Å². The molecular formula is C9H10OS. The second kappa shape index (κ2) is 3.18. The van der Waals surface area contributed by atoms with E-state index < -0.39 is 0 Å². The molecule has 0 aromatic heterocycles. The lowest BCUT2D eigenvalue weighted by Gasteiger charge is -2.03. The van der Waals surface area contributed by atoms with Crippen LogP contribution in [0.5, 0.6) is 5.75 Å². The van der Waals surface area contributed by atoms with E-state index in [1.807, 2.05) is 23.9 Å². The Hall–Kier alpha value is -0.630. The molecule has 1 aliphatic rings. The minimum atomic E-state index is 0.865. The Morgan fingerprint density at radius 3 is 3.18 bits per heavy atom. The Morgan fingerprint density at radius 1 is 1.27 bits per heavy atom. The number of hydrogen-bond donors (Lipinski definition) is 0. The van der Waals surface area contributed by atoms with Crippen LogP contribution in [-0.2, 0) is 0 Å². The van der Waals surface area contributed by atoms with E-state index in [0.717, 1.165) is 18.8 Å². The Kier molecular flexibility index (Phi) is 2.04. The van der Waals surface area contributed by atoms with Gasteiger partial charge >= 0.3 is 0 Å². The van der Waals surface area contributed by atoms with Crippen molar-refractivity contribution < 1.29 is 4.74 Å². The van der Waals surface area contributed by atoms with Crippen LogP contribution >= 0.6 is 11.8 Å². The van der Waals surface area contributed by atoms with Crippen molar-refractivity contribution in [2.75, 3.05) is 12.4 Å². The molecule has 58 valence electrons. The van der Waals surface area contributed by atoms with E-state index in [0.29, 0.717) is 0 Å². The molecule has 2 rings (SSSR count). The minimum absolute atomic E-state index is 0.865. The summed E-state index contributed by atoms with van der Waals surface area (Å²) in [6.07, 6.45) is 1.15. The van der Waals surface area contributed by atoms with E-state index >= 15 is 0 Å². The van der Waals surface area contributed by atoms with Crippen molar-refractivity contribution in [2.45, 2.75) is 11.3 Å². The lowest BCUT2D eigenvalue weighted by Crippen LogP contribution is -1.94. The molecule has 0 unspecified atom stereocenters. The van der Waals surface area contributed by atoms with Crippen LogP contribution in [0.25, 0.3) is 0 Å². The minimum Gasteiger partial charge on any atom is -0.492 e. The first-order valence-electron chi connectivity index (χ1n) is 3.81. The quantitative estimate of drug-likeness (QED) is 0.585. The number of fused-ring (bicyclic) bond motifs is 1. The average molecular weight is 166 g/mol. The summed E-state index contributed by atoms with van der Waals surface area (Å²) in [5.41, 5.74) is 0. The maximum Gasteiger partial charge on any atom is 0.132 e. The van der Waals surface area contributed by atoms with E-state index in [1.54, 1.807) is 0 Å². The monoisotopic (exact) mass is 166 g/mol. The molecule has 1 heterocycles. The summed E-state index contributed by atoms with van der Waals surface area (Å²) in [5.74, 6) is 2.23. The fraction of sp³-hybridized carbons (Fsp3) is 0.333. The molecule has 1 aromatic rings. The fourth-order valence-corrected chi connectivity index (χ4v) is 2.04. The average Bonchev–Trinajstić information content (AvgIpc) is 2.28. The summed E-state index contributed by atoms with van der Waals surface area (Å²) >= 11 is 1.88. The standard InChI is InChI=1S/C9H10OS/c1-2-5-9-8(4-1)10-6-3-7-11-9/h1-2,4-5H,3,6-7H2. The van der Waals surface area contributed by atoms with E-state index in [1.165, 1.54) is 10.6 Å². The molecule has 2 heteroatoms. The van der Waals surface area contributed by atoms with Gasteiger partial charge in [-0.05, 0) is 18.6 Å². The van der Waals surface area contributed by atoms with Crippen LogP contribution in [0.2, 0.25) is 0 Å². The first kappa shape index (κ1) is 7.04. The fourth-order valence-electron chi connectivity index (χ4n) is 1.11.